The van der Waals surface area contributed by atoms with Gasteiger partial charge in [-0.05, 0) is 37.5 Å². The Hall–Kier alpha value is -0.130. The van der Waals surface area contributed by atoms with Gasteiger partial charge in [0, 0.05) is 18.1 Å². The molecule has 4 nitrogen and oxygen atoms in total. The van der Waals surface area contributed by atoms with Crippen molar-refractivity contribution in [2.24, 2.45) is 17.7 Å². The Morgan fingerprint density at radius 1 is 1.29 bits per heavy atom. The third-order valence-electron chi connectivity index (χ3n) is 3.87. The number of hydrazine groups is 1. The molecule has 5 heteroatoms. The predicted octanol–water partition coefficient (Wildman–Crippen LogP) is 1.47. The Balaban J connectivity index is 2.33. The first-order valence-corrected chi connectivity index (χ1v) is 8.62. The van der Waals surface area contributed by atoms with Crippen LogP contribution in [0.1, 0.15) is 45.4 Å². The fourth-order valence-corrected chi connectivity index (χ4v) is 3.40. The maximum atomic E-state index is 11.1. The minimum atomic E-state index is -2.84. The molecule has 0 aromatic carbocycles. The molecule has 17 heavy (non-hydrogen) atoms. The molecule has 3 N–H and O–H groups in total. The van der Waals surface area contributed by atoms with Crippen molar-refractivity contribution in [2.45, 2.75) is 51.5 Å². The molecular formula is C12H26N2O2S. The first kappa shape index (κ1) is 14.9. The first-order chi connectivity index (χ1) is 7.92. The zero-order chi connectivity index (χ0) is 12.9. The molecule has 1 aliphatic rings. The summed E-state index contributed by atoms with van der Waals surface area (Å²) in [5, 5.41) is 0. The second-order valence-corrected chi connectivity index (χ2v) is 7.82. The molecule has 0 aliphatic heterocycles. The summed E-state index contributed by atoms with van der Waals surface area (Å²) in [5.41, 5.74) is 2.88. The molecule has 1 aliphatic carbocycles. The minimum absolute atomic E-state index is 0.272. The Labute approximate surface area is 105 Å². The van der Waals surface area contributed by atoms with Gasteiger partial charge in [0.05, 0.1) is 0 Å². The highest BCUT2D eigenvalue weighted by atomic mass is 32.2. The summed E-state index contributed by atoms with van der Waals surface area (Å²) in [5.74, 6) is 7.32. The van der Waals surface area contributed by atoms with Crippen LogP contribution >= 0.6 is 0 Å². The Morgan fingerprint density at radius 3 is 2.35 bits per heavy atom. The molecule has 0 amide bonds. The third-order valence-corrected chi connectivity index (χ3v) is 4.90. The van der Waals surface area contributed by atoms with E-state index in [9.17, 15) is 8.42 Å². The second kappa shape index (κ2) is 6.71. The van der Waals surface area contributed by atoms with Crippen molar-refractivity contribution in [3.63, 3.8) is 0 Å². The summed E-state index contributed by atoms with van der Waals surface area (Å²) >= 11 is 0. The standard InChI is InChI=1S/C12H26N2O2S/c1-10-5-7-11(8-6-10)12(14-13)4-3-9-17(2,15)16/h10-12,14H,3-9,13H2,1-2H3. The molecule has 1 fully saturated rings. The highest BCUT2D eigenvalue weighted by molar-refractivity contribution is 7.90. The Kier molecular flexibility index (Phi) is 5.89. The summed E-state index contributed by atoms with van der Waals surface area (Å²) in [6.07, 6.45) is 7.84. The van der Waals surface area contributed by atoms with Crippen molar-refractivity contribution in [1.29, 1.82) is 0 Å². The van der Waals surface area contributed by atoms with Crippen molar-refractivity contribution in [2.75, 3.05) is 12.0 Å². The normalized spacial score (nSPS) is 27.9. The average Bonchev–Trinajstić information content (AvgIpc) is 2.24. The van der Waals surface area contributed by atoms with Crippen molar-refractivity contribution >= 4 is 9.84 Å². The molecule has 1 rings (SSSR count). The largest absolute Gasteiger partial charge is 0.271 e. The van der Waals surface area contributed by atoms with E-state index in [1.807, 2.05) is 0 Å². The molecular weight excluding hydrogens is 236 g/mol. The van der Waals surface area contributed by atoms with Gasteiger partial charge in [-0.1, -0.05) is 19.8 Å². The van der Waals surface area contributed by atoms with Crippen LogP contribution in [-0.4, -0.2) is 26.5 Å². The smallest absolute Gasteiger partial charge is 0.147 e. The molecule has 0 spiro atoms. The van der Waals surface area contributed by atoms with Gasteiger partial charge in [-0.3, -0.25) is 11.3 Å². The van der Waals surface area contributed by atoms with Crippen LogP contribution in [0.2, 0.25) is 0 Å². The molecule has 0 heterocycles. The van der Waals surface area contributed by atoms with Crippen LogP contribution in [0.3, 0.4) is 0 Å². The van der Waals surface area contributed by atoms with E-state index in [1.165, 1.54) is 31.9 Å². The van der Waals surface area contributed by atoms with Gasteiger partial charge < -0.3 is 0 Å². The van der Waals surface area contributed by atoms with Gasteiger partial charge in [-0.15, -0.1) is 0 Å². The summed E-state index contributed by atoms with van der Waals surface area (Å²) in [6.45, 7) is 2.30. The van der Waals surface area contributed by atoms with Gasteiger partial charge in [0.25, 0.3) is 0 Å². The molecule has 0 saturated heterocycles. The van der Waals surface area contributed by atoms with E-state index in [1.54, 1.807) is 0 Å². The number of nitrogens with one attached hydrogen (secondary N) is 1. The minimum Gasteiger partial charge on any atom is -0.271 e. The van der Waals surface area contributed by atoms with Gasteiger partial charge in [-0.2, -0.15) is 0 Å². The van der Waals surface area contributed by atoms with Gasteiger partial charge in [0.15, 0.2) is 0 Å². The van der Waals surface area contributed by atoms with Crippen LogP contribution in [0.5, 0.6) is 0 Å². The first-order valence-electron chi connectivity index (χ1n) is 6.56. The fourth-order valence-electron chi connectivity index (χ4n) is 2.71. The van der Waals surface area contributed by atoms with Crippen LogP contribution in [0.25, 0.3) is 0 Å². The second-order valence-electron chi connectivity index (χ2n) is 5.57. The average molecular weight is 262 g/mol. The quantitative estimate of drug-likeness (QED) is 0.561. The molecule has 1 atom stereocenters. The van der Waals surface area contributed by atoms with Gasteiger partial charge >= 0.3 is 0 Å². The molecule has 1 unspecified atom stereocenters. The zero-order valence-corrected chi connectivity index (χ0v) is 11.8. The van der Waals surface area contributed by atoms with Crippen LogP contribution in [-0.2, 0) is 9.84 Å². The highest BCUT2D eigenvalue weighted by Crippen LogP contribution is 2.31. The third kappa shape index (κ3) is 5.84. The number of nitrogens with two attached hydrogens (primary N) is 1. The molecule has 0 radical (unpaired) electrons. The van der Waals surface area contributed by atoms with Crippen molar-refractivity contribution < 1.29 is 8.42 Å². The SMILES string of the molecule is CC1CCC(C(CCCS(C)(=O)=O)NN)CC1. The molecule has 0 aromatic rings. The van der Waals surface area contributed by atoms with E-state index in [4.69, 9.17) is 5.84 Å². The van der Waals surface area contributed by atoms with Crippen LogP contribution < -0.4 is 11.3 Å². The summed E-state index contributed by atoms with van der Waals surface area (Å²) in [7, 11) is -2.84. The van der Waals surface area contributed by atoms with E-state index >= 15 is 0 Å². The van der Waals surface area contributed by atoms with E-state index in [2.05, 4.69) is 12.3 Å². The fraction of sp³-hybridized carbons (Fsp3) is 1.00. The predicted molar refractivity (Wildman–Crippen MR) is 71.2 cm³/mol. The van der Waals surface area contributed by atoms with E-state index < -0.39 is 9.84 Å². The summed E-state index contributed by atoms with van der Waals surface area (Å²) in [6, 6.07) is 0.282. The van der Waals surface area contributed by atoms with E-state index in [0.29, 0.717) is 12.3 Å². The monoisotopic (exact) mass is 262 g/mol. The number of rotatable bonds is 6. The maximum Gasteiger partial charge on any atom is 0.147 e. The van der Waals surface area contributed by atoms with E-state index in [0.717, 1.165) is 12.3 Å². The van der Waals surface area contributed by atoms with Crippen LogP contribution in [0, 0.1) is 11.8 Å². The maximum absolute atomic E-state index is 11.1. The topological polar surface area (TPSA) is 72.2 Å². The Morgan fingerprint density at radius 2 is 1.88 bits per heavy atom. The van der Waals surface area contributed by atoms with E-state index in [-0.39, 0.29) is 11.8 Å². The molecule has 102 valence electrons. The van der Waals surface area contributed by atoms with Crippen molar-refractivity contribution in [1.82, 2.24) is 5.43 Å². The van der Waals surface area contributed by atoms with Crippen LogP contribution in [0.15, 0.2) is 0 Å². The molecule has 0 bridgehead atoms. The Bertz CT molecular complexity index is 308. The lowest BCUT2D eigenvalue weighted by Crippen LogP contribution is -2.42. The van der Waals surface area contributed by atoms with Crippen LogP contribution in [0.4, 0.5) is 0 Å². The highest BCUT2D eigenvalue weighted by Gasteiger charge is 2.25. The lowest BCUT2D eigenvalue weighted by atomic mass is 9.78. The summed E-state index contributed by atoms with van der Waals surface area (Å²) < 4.78 is 22.1. The van der Waals surface area contributed by atoms with Gasteiger partial charge in [0.1, 0.15) is 9.84 Å². The zero-order valence-electron chi connectivity index (χ0n) is 11.0. The lowest BCUT2D eigenvalue weighted by molar-refractivity contribution is 0.222. The summed E-state index contributed by atoms with van der Waals surface area (Å²) in [4.78, 5) is 0. The van der Waals surface area contributed by atoms with Crippen molar-refractivity contribution in [3.05, 3.63) is 0 Å². The molecule has 0 aromatic heterocycles. The number of hydrogen-bond donors (Lipinski definition) is 2. The van der Waals surface area contributed by atoms with Gasteiger partial charge in [0.2, 0.25) is 0 Å². The lowest BCUT2D eigenvalue weighted by Gasteiger charge is -2.32. The molecule has 1 saturated carbocycles. The number of sulfone groups is 1. The van der Waals surface area contributed by atoms with Gasteiger partial charge in [-0.25, -0.2) is 8.42 Å². The number of hydrogen-bond acceptors (Lipinski definition) is 4. The van der Waals surface area contributed by atoms with Crippen molar-refractivity contribution in [3.8, 4) is 0 Å².